The molecule has 2 unspecified atom stereocenters. The van der Waals surface area contributed by atoms with E-state index in [2.05, 4.69) is 112 Å². The zero-order valence-corrected chi connectivity index (χ0v) is 20.8. The van der Waals surface area contributed by atoms with Crippen LogP contribution in [0.3, 0.4) is 0 Å². The van der Waals surface area contributed by atoms with E-state index in [1.165, 1.54) is 55.9 Å². The summed E-state index contributed by atoms with van der Waals surface area (Å²) in [5.41, 5.74) is 2.26. The molecule has 0 amide bonds. The third kappa shape index (κ3) is 3.89. The van der Waals surface area contributed by atoms with E-state index in [-0.39, 0.29) is 0 Å². The molecule has 0 saturated heterocycles. The number of benzene rings is 5. The van der Waals surface area contributed by atoms with E-state index in [0.717, 1.165) is 24.0 Å². The molecule has 2 atom stereocenters. The van der Waals surface area contributed by atoms with Crippen molar-refractivity contribution in [2.24, 2.45) is 11.8 Å². The van der Waals surface area contributed by atoms with Crippen molar-refractivity contribution in [2.75, 3.05) is 0 Å². The first kappa shape index (κ1) is 22.3. The van der Waals surface area contributed by atoms with Crippen molar-refractivity contribution in [3.8, 4) is 23.7 Å². The van der Waals surface area contributed by atoms with Gasteiger partial charge in [-0.3, -0.25) is 0 Å². The van der Waals surface area contributed by atoms with Crippen LogP contribution in [0, 0.1) is 35.5 Å². The second kappa shape index (κ2) is 9.41. The Bertz CT molecular complexity index is 1470. The molecule has 34 heavy (non-hydrogen) atoms. The van der Waals surface area contributed by atoms with Gasteiger partial charge in [0, 0.05) is 23.0 Å². The van der Waals surface area contributed by atoms with Gasteiger partial charge in [-0.1, -0.05) is 113 Å². The van der Waals surface area contributed by atoms with Crippen LogP contribution in [0.4, 0.5) is 0 Å². The van der Waals surface area contributed by atoms with Gasteiger partial charge in [0.15, 0.2) is 0 Å². The molecule has 5 aromatic rings. The average Bonchev–Trinajstić information content (AvgIpc) is 2.85. The molecule has 0 spiro atoms. The Morgan fingerprint density at radius 2 is 0.912 bits per heavy atom. The molecule has 0 nitrogen and oxygen atoms in total. The fourth-order valence-electron chi connectivity index (χ4n) is 5.34. The zero-order valence-electron chi connectivity index (χ0n) is 20.8. The Kier molecular flexibility index (Phi) is 6.18. The van der Waals surface area contributed by atoms with E-state index in [1.54, 1.807) is 0 Å². The van der Waals surface area contributed by atoms with Crippen LogP contribution in [-0.2, 0) is 0 Å². The van der Waals surface area contributed by atoms with E-state index in [9.17, 15) is 0 Å². The van der Waals surface area contributed by atoms with E-state index >= 15 is 0 Å². The summed E-state index contributed by atoms with van der Waals surface area (Å²) < 4.78 is 0. The largest absolute Gasteiger partial charge is 0.0948 e. The molecule has 0 heteroatoms. The fraction of sp³-hybridized carbons (Fsp3) is 0.294. The van der Waals surface area contributed by atoms with Gasteiger partial charge in [-0.15, -0.1) is 0 Å². The minimum absolute atomic E-state index is 0.421. The molecule has 5 rings (SSSR count). The molecular formula is C34H32. The molecule has 0 aliphatic rings. The van der Waals surface area contributed by atoms with Gasteiger partial charge in [0.2, 0.25) is 0 Å². The SMILES string of the molecule is CCCC(C)C#Cc1ccc2c3cccc4c(C#CC(C)CCC)ccc(c5cccc1c52)c43. The molecule has 0 aliphatic carbocycles. The predicted octanol–water partition coefficient (Wildman–Crippen LogP) is 9.31. The molecule has 5 aromatic carbocycles. The van der Waals surface area contributed by atoms with Crippen LogP contribution in [-0.4, -0.2) is 0 Å². The van der Waals surface area contributed by atoms with Gasteiger partial charge in [0.05, 0.1) is 0 Å². The lowest BCUT2D eigenvalue weighted by Gasteiger charge is -2.16. The lowest BCUT2D eigenvalue weighted by atomic mass is 9.87. The second-order valence-electron chi connectivity index (χ2n) is 9.70. The molecule has 0 bridgehead atoms. The molecule has 168 valence electrons. The van der Waals surface area contributed by atoms with Crippen molar-refractivity contribution in [3.63, 3.8) is 0 Å². The van der Waals surface area contributed by atoms with Crippen LogP contribution < -0.4 is 0 Å². The van der Waals surface area contributed by atoms with Gasteiger partial charge in [-0.25, -0.2) is 0 Å². The Balaban J connectivity index is 1.78. The van der Waals surface area contributed by atoms with Crippen molar-refractivity contribution in [3.05, 3.63) is 71.8 Å². The van der Waals surface area contributed by atoms with Crippen LogP contribution >= 0.6 is 0 Å². The lowest BCUT2D eigenvalue weighted by molar-refractivity contribution is 0.653. The minimum atomic E-state index is 0.421. The average molecular weight is 441 g/mol. The van der Waals surface area contributed by atoms with Gasteiger partial charge < -0.3 is 0 Å². The maximum atomic E-state index is 3.50. The Morgan fingerprint density at radius 3 is 1.32 bits per heavy atom. The highest BCUT2D eigenvalue weighted by atomic mass is 14.2. The summed E-state index contributed by atoms with van der Waals surface area (Å²) in [6.45, 7) is 8.90. The first-order valence-corrected chi connectivity index (χ1v) is 12.8. The standard InChI is InChI=1S/C34H32/c1-5-9-23(3)15-17-25-19-21-31-30-14-8-12-28-26(18-16-24(4)10-6-2)20-22-32(34(28)30)29-13-7-11-27(25)33(29)31/h7-8,11-14,19-24H,5-6,9-10H2,1-4H3. The molecule has 0 radical (unpaired) electrons. The highest BCUT2D eigenvalue weighted by Gasteiger charge is 2.15. The van der Waals surface area contributed by atoms with Gasteiger partial charge >= 0.3 is 0 Å². The van der Waals surface area contributed by atoms with Crippen LogP contribution in [0.15, 0.2) is 60.7 Å². The highest BCUT2D eigenvalue weighted by molar-refractivity contribution is 6.33. The molecule has 0 saturated carbocycles. The van der Waals surface area contributed by atoms with Crippen molar-refractivity contribution in [1.82, 2.24) is 0 Å². The summed E-state index contributed by atoms with van der Waals surface area (Å²) in [5, 5.41) is 10.4. The highest BCUT2D eigenvalue weighted by Crippen LogP contribution is 2.41. The Labute approximate surface area is 203 Å². The van der Waals surface area contributed by atoms with Crippen LogP contribution in [0.1, 0.15) is 64.5 Å². The first-order valence-electron chi connectivity index (χ1n) is 12.8. The van der Waals surface area contributed by atoms with Crippen molar-refractivity contribution >= 4 is 43.1 Å². The van der Waals surface area contributed by atoms with Gasteiger partial charge in [0.25, 0.3) is 0 Å². The third-order valence-electron chi connectivity index (χ3n) is 7.01. The number of hydrogen-bond donors (Lipinski definition) is 0. The number of fused-ring (bicyclic) bond motifs is 2. The topological polar surface area (TPSA) is 0 Å². The fourth-order valence-corrected chi connectivity index (χ4v) is 5.34. The number of hydrogen-bond acceptors (Lipinski definition) is 0. The summed E-state index contributed by atoms with van der Waals surface area (Å²) in [4.78, 5) is 0. The number of rotatable bonds is 4. The van der Waals surface area contributed by atoms with Crippen LogP contribution in [0.5, 0.6) is 0 Å². The summed E-state index contributed by atoms with van der Waals surface area (Å²) in [6, 6.07) is 22.3. The normalized spacial score (nSPS) is 13.1. The predicted molar refractivity (Wildman–Crippen MR) is 150 cm³/mol. The summed E-state index contributed by atoms with van der Waals surface area (Å²) >= 11 is 0. The molecule has 0 aliphatic heterocycles. The van der Waals surface area contributed by atoms with Crippen molar-refractivity contribution < 1.29 is 0 Å². The lowest BCUT2D eigenvalue weighted by Crippen LogP contribution is -1.92. The van der Waals surface area contributed by atoms with E-state index in [1.807, 2.05) is 0 Å². The maximum Gasteiger partial charge on any atom is 0.0324 e. The quantitative estimate of drug-likeness (QED) is 0.148. The molecule has 0 N–H and O–H groups in total. The van der Waals surface area contributed by atoms with E-state index in [0.29, 0.717) is 11.8 Å². The molecule has 0 heterocycles. The molecule has 0 fully saturated rings. The first-order chi connectivity index (χ1) is 16.6. The van der Waals surface area contributed by atoms with Gasteiger partial charge in [-0.2, -0.15) is 0 Å². The second-order valence-corrected chi connectivity index (χ2v) is 9.70. The monoisotopic (exact) mass is 440 g/mol. The van der Waals surface area contributed by atoms with Gasteiger partial charge in [0.1, 0.15) is 0 Å². The third-order valence-corrected chi connectivity index (χ3v) is 7.01. The van der Waals surface area contributed by atoms with Crippen molar-refractivity contribution in [1.29, 1.82) is 0 Å². The molecule has 0 aromatic heterocycles. The zero-order chi connectivity index (χ0) is 23.7. The summed E-state index contributed by atoms with van der Waals surface area (Å²) in [7, 11) is 0. The summed E-state index contributed by atoms with van der Waals surface area (Å²) in [6.07, 6.45) is 4.63. The maximum absolute atomic E-state index is 3.50. The Hall–Kier alpha value is -3.48. The smallest absolute Gasteiger partial charge is 0.0324 e. The van der Waals surface area contributed by atoms with Crippen molar-refractivity contribution in [2.45, 2.75) is 53.4 Å². The van der Waals surface area contributed by atoms with E-state index in [4.69, 9.17) is 0 Å². The summed E-state index contributed by atoms with van der Waals surface area (Å²) in [5.74, 6) is 14.8. The van der Waals surface area contributed by atoms with Crippen LogP contribution in [0.2, 0.25) is 0 Å². The van der Waals surface area contributed by atoms with Gasteiger partial charge in [-0.05, 0) is 68.1 Å². The van der Waals surface area contributed by atoms with E-state index < -0.39 is 0 Å². The minimum Gasteiger partial charge on any atom is -0.0948 e. The van der Waals surface area contributed by atoms with Crippen LogP contribution in [0.25, 0.3) is 43.1 Å². The molecular weight excluding hydrogens is 408 g/mol. The Morgan fingerprint density at radius 1 is 0.529 bits per heavy atom.